The summed E-state index contributed by atoms with van der Waals surface area (Å²) in [4.78, 5) is 22.6. The van der Waals surface area contributed by atoms with Crippen molar-refractivity contribution in [3.8, 4) is 17.0 Å². The predicted octanol–water partition coefficient (Wildman–Crippen LogP) is 5.11. The van der Waals surface area contributed by atoms with Gasteiger partial charge in [-0.2, -0.15) is 0 Å². The number of anilines is 2. The van der Waals surface area contributed by atoms with E-state index in [1.807, 2.05) is 0 Å². The number of pyridine rings is 2. The maximum absolute atomic E-state index is 15.3. The Morgan fingerprint density at radius 3 is 2.71 bits per heavy atom. The molecule has 4 rings (SSSR count). The fourth-order valence-electron chi connectivity index (χ4n) is 3.55. The van der Waals surface area contributed by atoms with Crippen molar-refractivity contribution in [1.29, 1.82) is 0 Å². The average Bonchev–Trinajstić information content (AvgIpc) is 2.69. The standard InChI is InChI=1S/C22H22ClFN4O3/c1-11-14(13-7-12-8-16(25)26-10-15(12)17(23)18(13)24)9-27-20-19(11)28(5-6-30-20)21(29)31-22(2,3)4/h7-10H,5-6H2,1-4H3,(H2,25,26). The van der Waals surface area contributed by atoms with E-state index in [1.54, 1.807) is 39.8 Å². The minimum atomic E-state index is -0.666. The predicted molar refractivity (Wildman–Crippen MR) is 118 cm³/mol. The fourth-order valence-corrected chi connectivity index (χ4v) is 3.81. The number of carbonyl (C=O) groups excluding carboxylic acids is 1. The molecule has 0 aliphatic carbocycles. The molecule has 0 fully saturated rings. The van der Waals surface area contributed by atoms with E-state index >= 15 is 4.39 Å². The maximum Gasteiger partial charge on any atom is 0.415 e. The molecule has 0 unspecified atom stereocenters. The molecular weight excluding hydrogens is 423 g/mol. The highest BCUT2D eigenvalue weighted by atomic mass is 35.5. The van der Waals surface area contributed by atoms with Crippen molar-refractivity contribution in [1.82, 2.24) is 9.97 Å². The van der Waals surface area contributed by atoms with Crippen LogP contribution in [-0.2, 0) is 4.74 Å². The van der Waals surface area contributed by atoms with E-state index in [1.165, 1.54) is 17.3 Å². The highest BCUT2D eigenvalue weighted by molar-refractivity contribution is 6.36. The van der Waals surface area contributed by atoms with Gasteiger partial charge in [0, 0.05) is 28.9 Å². The molecule has 7 nitrogen and oxygen atoms in total. The number of hydrogen-bond donors (Lipinski definition) is 1. The van der Waals surface area contributed by atoms with Gasteiger partial charge in [0.25, 0.3) is 0 Å². The van der Waals surface area contributed by atoms with E-state index in [-0.39, 0.29) is 23.7 Å². The van der Waals surface area contributed by atoms with E-state index in [0.29, 0.717) is 39.3 Å². The van der Waals surface area contributed by atoms with Gasteiger partial charge in [-0.1, -0.05) is 11.6 Å². The third-order valence-electron chi connectivity index (χ3n) is 4.92. The smallest absolute Gasteiger partial charge is 0.415 e. The molecule has 31 heavy (non-hydrogen) atoms. The van der Waals surface area contributed by atoms with Gasteiger partial charge in [0.1, 0.15) is 29.5 Å². The third-order valence-corrected chi connectivity index (χ3v) is 5.29. The van der Waals surface area contributed by atoms with Crippen LogP contribution in [0.3, 0.4) is 0 Å². The van der Waals surface area contributed by atoms with Crippen molar-refractivity contribution in [2.24, 2.45) is 0 Å². The molecule has 1 amide bonds. The summed E-state index contributed by atoms with van der Waals surface area (Å²) in [5.41, 5.74) is 6.91. The molecule has 9 heteroatoms. The number of ether oxygens (including phenoxy) is 2. The largest absolute Gasteiger partial charge is 0.474 e. The van der Waals surface area contributed by atoms with E-state index in [0.717, 1.165) is 0 Å². The number of fused-ring (bicyclic) bond motifs is 2. The van der Waals surface area contributed by atoms with Gasteiger partial charge < -0.3 is 15.2 Å². The first-order chi connectivity index (χ1) is 14.6. The SMILES string of the molecule is Cc1c(-c2cc3cc(N)ncc3c(Cl)c2F)cnc2c1N(C(=O)OC(C)(C)C)CCO2. The average molecular weight is 445 g/mol. The van der Waals surface area contributed by atoms with Crippen molar-refractivity contribution in [2.75, 3.05) is 23.8 Å². The quantitative estimate of drug-likeness (QED) is 0.560. The van der Waals surface area contributed by atoms with Gasteiger partial charge in [0.15, 0.2) is 0 Å². The van der Waals surface area contributed by atoms with Gasteiger partial charge in [-0.15, -0.1) is 0 Å². The van der Waals surface area contributed by atoms with Gasteiger partial charge in [0.05, 0.1) is 11.6 Å². The lowest BCUT2D eigenvalue weighted by Crippen LogP contribution is -2.42. The Bertz CT molecular complexity index is 1210. The van der Waals surface area contributed by atoms with Crippen LogP contribution in [0.25, 0.3) is 21.9 Å². The summed E-state index contributed by atoms with van der Waals surface area (Å²) in [5.74, 6) is -0.0175. The van der Waals surface area contributed by atoms with Crippen molar-refractivity contribution in [2.45, 2.75) is 33.3 Å². The van der Waals surface area contributed by atoms with Crippen LogP contribution in [0.4, 0.5) is 20.7 Å². The van der Waals surface area contributed by atoms with Crippen LogP contribution in [0.5, 0.6) is 5.88 Å². The highest BCUT2D eigenvalue weighted by Gasteiger charge is 2.32. The summed E-state index contributed by atoms with van der Waals surface area (Å²) in [6.07, 6.45) is 2.43. The molecule has 0 bridgehead atoms. The van der Waals surface area contributed by atoms with Gasteiger partial charge in [-0.3, -0.25) is 4.90 Å². The van der Waals surface area contributed by atoms with Crippen LogP contribution in [0.15, 0.2) is 24.5 Å². The Morgan fingerprint density at radius 2 is 2.00 bits per heavy atom. The molecule has 0 atom stereocenters. The lowest BCUT2D eigenvalue weighted by atomic mass is 9.97. The Labute approximate surface area is 183 Å². The second-order valence-corrected chi connectivity index (χ2v) is 8.69. The number of halogens is 2. The Hall–Kier alpha value is -3.13. The topological polar surface area (TPSA) is 90.6 Å². The van der Waals surface area contributed by atoms with E-state index in [9.17, 15) is 4.79 Å². The fraction of sp³-hybridized carbons (Fsp3) is 0.318. The molecule has 3 heterocycles. The summed E-state index contributed by atoms with van der Waals surface area (Å²) >= 11 is 6.30. The summed E-state index contributed by atoms with van der Waals surface area (Å²) in [7, 11) is 0. The van der Waals surface area contributed by atoms with Crippen molar-refractivity contribution in [3.05, 3.63) is 40.9 Å². The van der Waals surface area contributed by atoms with Crippen LogP contribution >= 0.6 is 11.6 Å². The summed E-state index contributed by atoms with van der Waals surface area (Å²) in [6.45, 7) is 7.72. The summed E-state index contributed by atoms with van der Waals surface area (Å²) < 4.78 is 26.4. The summed E-state index contributed by atoms with van der Waals surface area (Å²) in [6, 6.07) is 3.27. The Morgan fingerprint density at radius 1 is 1.26 bits per heavy atom. The second-order valence-electron chi connectivity index (χ2n) is 8.31. The van der Waals surface area contributed by atoms with Crippen molar-refractivity contribution in [3.63, 3.8) is 0 Å². The number of rotatable bonds is 1. The van der Waals surface area contributed by atoms with Gasteiger partial charge in [0.2, 0.25) is 5.88 Å². The van der Waals surface area contributed by atoms with Crippen LogP contribution in [0.1, 0.15) is 26.3 Å². The molecule has 1 aliphatic rings. The van der Waals surface area contributed by atoms with Crippen LogP contribution in [0.2, 0.25) is 5.02 Å². The van der Waals surface area contributed by atoms with Crippen LogP contribution in [0, 0.1) is 12.7 Å². The zero-order chi connectivity index (χ0) is 22.5. The molecule has 1 aromatic carbocycles. The lowest BCUT2D eigenvalue weighted by molar-refractivity contribution is 0.0566. The van der Waals surface area contributed by atoms with Gasteiger partial charge >= 0.3 is 6.09 Å². The van der Waals surface area contributed by atoms with Crippen molar-refractivity contribution < 1.29 is 18.7 Å². The van der Waals surface area contributed by atoms with E-state index in [2.05, 4.69) is 9.97 Å². The van der Waals surface area contributed by atoms with Crippen LogP contribution in [-0.4, -0.2) is 34.8 Å². The van der Waals surface area contributed by atoms with Crippen LogP contribution < -0.4 is 15.4 Å². The minimum absolute atomic E-state index is 0.0580. The Balaban J connectivity index is 1.88. The number of aromatic nitrogens is 2. The molecule has 0 spiro atoms. The molecule has 2 N–H and O–H groups in total. The number of nitrogens with two attached hydrogens (primary N) is 1. The maximum atomic E-state index is 15.3. The number of hydrogen-bond acceptors (Lipinski definition) is 6. The molecule has 2 aromatic heterocycles. The molecular formula is C22H22ClFN4O3. The number of amides is 1. The molecule has 0 saturated heterocycles. The zero-order valence-corrected chi connectivity index (χ0v) is 18.4. The first kappa shape index (κ1) is 21.1. The first-order valence-electron chi connectivity index (χ1n) is 9.73. The van der Waals surface area contributed by atoms with Gasteiger partial charge in [-0.05, 0) is 50.8 Å². The third kappa shape index (κ3) is 3.83. The lowest BCUT2D eigenvalue weighted by Gasteiger charge is -2.32. The number of nitrogens with zero attached hydrogens (tertiary/aromatic N) is 3. The Kier molecular flexibility index (Phi) is 5.13. The monoisotopic (exact) mass is 444 g/mol. The number of carbonyl (C=O) groups is 1. The first-order valence-corrected chi connectivity index (χ1v) is 10.1. The molecule has 0 radical (unpaired) electrons. The summed E-state index contributed by atoms with van der Waals surface area (Å²) in [5, 5.41) is 1.04. The second kappa shape index (κ2) is 7.53. The molecule has 0 saturated carbocycles. The molecule has 3 aromatic rings. The molecule has 162 valence electrons. The molecule has 1 aliphatic heterocycles. The zero-order valence-electron chi connectivity index (χ0n) is 17.6. The van der Waals surface area contributed by atoms with Gasteiger partial charge in [-0.25, -0.2) is 19.2 Å². The number of nitrogen functional groups attached to an aromatic ring is 1. The highest BCUT2D eigenvalue weighted by Crippen LogP contribution is 2.42. The minimum Gasteiger partial charge on any atom is -0.474 e. The van der Waals surface area contributed by atoms with E-state index in [4.69, 9.17) is 26.8 Å². The number of benzene rings is 1. The van der Waals surface area contributed by atoms with Crippen molar-refractivity contribution >= 4 is 40.0 Å². The van der Waals surface area contributed by atoms with E-state index < -0.39 is 17.5 Å². The normalized spacial score (nSPS) is 13.7.